The summed E-state index contributed by atoms with van der Waals surface area (Å²) in [4.78, 5) is 6.70. The lowest BCUT2D eigenvalue weighted by atomic mass is 10.1. The Morgan fingerprint density at radius 3 is 2.65 bits per heavy atom. The Morgan fingerprint density at radius 1 is 1.13 bits per heavy atom. The Kier molecular flexibility index (Phi) is 5.18. The molecule has 1 aromatic carbocycles. The van der Waals surface area contributed by atoms with Crippen LogP contribution in [0, 0.1) is 0 Å². The van der Waals surface area contributed by atoms with Gasteiger partial charge in [-0.2, -0.15) is 5.10 Å². The molecule has 1 aliphatic rings. The van der Waals surface area contributed by atoms with Crippen molar-refractivity contribution in [3.05, 3.63) is 42.1 Å². The van der Waals surface area contributed by atoms with E-state index in [-0.39, 0.29) is 0 Å². The zero-order chi connectivity index (χ0) is 16.1. The molecule has 0 amide bonds. The Morgan fingerprint density at radius 2 is 1.87 bits per heavy atom. The van der Waals surface area contributed by atoms with E-state index in [0.29, 0.717) is 0 Å². The van der Waals surface area contributed by atoms with Crippen molar-refractivity contribution >= 4 is 33.9 Å². The largest absolute Gasteiger partial charge is 0.348 e. The molecule has 0 radical (unpaired) electrons. The van der Waals surface area contributed by atoms with Gasteiger partial charge in [-0.1, -0.05) is 37.1 Å². The molecule has 23 heavy (non-hydrogen) atoms. The SMILES string of the molecule is C/C(=N\NC(=S)N1CCCCCC1)c1cccc2cccnc12. The number of nitrogens with one attached hydrogen (secondary N) is 1. The smallest absolute Gasteiger partial charge is 0.189 e. The van der Waals surface area contributed by atoms with Crippen molar-refractivity contribution in [2.45, 2.75) is 32.6 Å². The van der Waals surface area contributed by atoms with Crippen molar-refractivity contribution in [1.29, 1.82) is 0 Å². The first-order valence-electron chi connectivity index (χ1n) is 8.19. The van der Waals surface area contributed by atoms with Crippen LogP contribution >= 0.6 is 12.2 Å². The molecule has 0 spiro atoms. The lowest BCUT2D eigenvalue weighted by molar-refractivity contribution is 0.428. The third-order valence-corrected chi connectivity index (χ3v) is 4.58. The highest BCUT2D eigenvalue weighted by Gasteiger charge is 2.12. The second-order valence-electron chi connectivity index (χ2n) is 5.90. The molecule has 2 aromatic rings. The number of aromatic nitrogens is 1. The predicted molar refractivity (Wildman–Crippen MR) is 99.7 cm³/mol. The first-order chi connectivity index (χ1) is 11.3. The molecule has 0 bridgehead atoms. The maximum Gasteiger partial charge on any atom is 0.189 e. The van der Waals surface area contributed by atoms with Crippen LogP contribution in [-0.2, 0) is 0 Å². The fourth-order valence-electron chi connectivity index (χ4n) is 2.93. The summed E-state index contributed by atoms with van der Waals surface area (Å²) in [6.45, 7) is 4.04. The van der Waals surface area contributed by atoms with Gasteiger partial charge in [0.25, 0.3) is 0 Å². The maximum atomic E-state index is 5.49. The fourth-order valence-corrected chi connectivity index (χ4v) is 3.16. The molecule has 3 rings (SSSR count). The van der Waals surface area contributed by atoms with Crippen molar-refractivity contribution in [3.8, 4) is 0 Å². The molecule has 0 aliphatic carbocycles. The molecular weight excluding hydrogens is 304 g/mol. The number of nitrogens with zero attached hydrogens (tertiary/aromatic N) is 3. The normalized spacial score (nSPS) is 16.2. The van der Waals surface area contributed by atoms with Crippen molar-refractivity contribution in [2.75, 3.05) is 13.1 Å². The lowest BCUT2D eigenvalue weighted by Crippen LogP contribution is -2.38. The average molecular weight is 326 g/mol. The van der Waals surface area contributed by atoms with Crippen molar-refractivity contribution in [3.63, 3.8) is 0 Å². The van der Waals surface area contributed by atoms with Gasteiger partial charge in [0.2, 0.25) is 0 Å². The van der Waals surface area contributed by atoms with Crippen LogP contribution in [0.3, 0.4) is 0 Å². The van der Waals surface area contributed by atoms with Crippen LogP contribution in [0.5, 0.6) is 0 Å². The number of fused-ring (bicyclic) bond motifs is 1. The van der Waals surface area contributed by atoms with E-state index in [1.54, 1.807) is 0 Å². The molecule has 1 aliphatic heterocycles. The predicted octanol–water partition coefficient (Wildman–Crippen LogP) is 3.71. The molecule has 0 atom stereocenters. The summed E-state index contributed by atoms with van der Waals surface area (Å²) in [7, 11) is 0. The minimum Gasteiger partial charge on any atom is -0.348 e. The molecule has 2 heterocycles. The number of pyridine rings is 1. The second-order valence-corrected chi connectivity index (χ2v) is 6.28. The number of hydrazone groups is 1. The zero-order valence-electron chi connectivity index (χ0n) is 13.5. The number of likely N-dealkylation sites (tertiary alicyclic amines) is 1. The summed E-state index contributed by atoms with van der Waals surface area (Å²) in [5.74, 6) is 0. The van der Waals surface area contributed by atoms with E-state index >= 15 is 0 Å². The highest BCUT2D eigenvalue weighted by atomic mass is 32.1. The van der Waals surface area contributed by atoms with Gasteiger partial charge in [-0.25, -0.2) is 0 Å². The Bertz CT molecular complexity index is 713. The molecule has 0 unspecified atom stereocenters. The summed E-state index contributed by atoms with van der Waals surface area (Å²) in [5.41, 5.74) is 5.96. The first kappa shape index (κ1) is 15.9. The molecule has 120 valence electrons. The number of hydrogen-bond donors (Lipinski definition) is 1. The monoisotopic (exact) mass is 326 g/mol. The van der Waals surface area contributed by atoms with Gasteiger partial charge in [0.05, 0.1) is 11.2 Å². The maximum absolute atomic E-state index is 5.49. The minimum absolute atomic E-state index is 0.722. The van der Waals surface area contributed by atoms with Gasteiger partial charge >= 0.3 is 0 Å². The average Bonchev–Trinajstić information content (AvgIpc) is 2.88. The zero-order valence-corrected chi connectivity index (χ0v) is 14.3. The summed E-state index contributed by atoms with van der Waals surface area (Å²) >= 11 is 5.49. The highest BCUT2D eigenvalue weighted by Crippen LogP contribution is 2.16. The molecule has 1 aromatic heterocycles. The quantitative estimate of drug-likeness (QED) is 0.519. The van der Waals surface area contributed by atoms with Gasteiger partial charge in [-0.15, -0.1) is 0 Å². The van der Waals surface area contributed by atoms with Gasteiger partial charge in [0.1, 0.15) is 0 Å². The summed E-state index contributed by atoms with van der Waals surface area (Å²) < 4.78 is 0. The Labute approximate surface area is 142 Å². The highest BCUT2D eigenvalue weighted by molar-refractivity contribution is 7.80. The van der Waals surface area contributed by atoms with Crippen molar-refractivity contribution < 1.29 is 0 Å². The molecule has 5 heteroatoms. The van der Waals surface area contributed by atoms with E-state index in [9.17, 15) is 0 Å². The summed E-state index contributed by atoms with van der Waals surface area (Å²) in [5, 5.41) is 6.34. The Balaban J connectivity index is 1.75. The van der Waals surface area contributed by atoms with E-state index in [0.717, 1.165) is 40.4 Å². The Hall–Kier alpha value is -2.01. The second kappa shape index (κ2) is 7.51. The molecule has 1 N–H and O–H groups in total. The fraction of sp³-hybridized carbons (Fsp3) is 0.389. The van der Waals surface area contributed by atoms with E-state index in [4.69, 9.17) is 12.2 Å². The van der Waals surface area contributed by atoms with Gasteiger partial charge in [-0.05, 0) is 38.0 Å². The third-order valence-electron chi connectivity index (χ3n) is 4.24. The first-order valence-corrected chi connectivity index (χ1v) is 8.60. The third kappa shape index (κ3) is 3.85. The van der Waals surface area contributed by atoms with E-state index < -0.39 is 0 Å². The van der Waals surface area contributed by atoms with Crippen LogP contribution in [0.4, 0.5) is 0 Å². The molecule has 1 saturated heterocycles. The number of thiocarbonyl (C=S) groups is 1. The number of rotatable bonds is 2. The van der Waals surface area contributed by atoms with Gasteiger partial charge in [-0.3, -0.25) is 10.4 Å². The van der Waals surface area contributed by atoms with Gasteiger partial charge in [0.15, 0.2) is 5.11 Å². The summed E-state index contributed by atoms with van der Waals surface area (Å²) in [6.07, 6.45) is 6.82. The van der Waals surface area contributed by atoms with Crippen molar-refractivity contribution in [2.24, 2.45) is 5.10 Å². The number of hydrogen-bond acceptors (Lipinski definition) is 3. The molecule has 1 fully saturated rings. The van der Waals surface area contributed by atoms with Crippen LogP contribution < -0.4 is 5.43 Å². The van der Waals surface area contributed by atoms with E-state index in [2.05, 4.69) is 32.5 Å². The standard InChI is InChI=1S/C18H22N4S/c1-14(16-10-6-8-15-9-7-11-19-17(15)16)20-21-18(23)22-12-4-2-3-5-13-22/h6-11H,2-5,12-13H2,1H3,(H,21,23)/b20-14+. The minimum atomic E-state index is 0.722. The van der Waals surface area contributed by atoms with Crippen molar-refractivity contribution in [1.82, 2.24) is 15.3 Å². The lowest BCUT2D eigenvalue weighted by Gasteiger charge is -2.22. The van der Waals surface area contributed by atoms with Crippen LogP contribution in [0.2, 0.25) is 0 Å². The van der Waals surface area contributed by atoms with E-state index in [1.807, 2.05) is 31.3 Å². The molecular formula is C18H22N4S. The topological polar surface area (TPSA) is 40.5 Å². The van der Waals surface area contributed by atoms with Crippen LogP contribution in [0.1, 0.15) is 38.2 Å². The van der Waals surface area contributed by atoms with Crippen LogP contribution in [0.25, 0.3) is 10.9 Å². The number of para-hydroxylation sites is 1. The number of benzene rings is 1. The van der Waals surface area contributed by atoms with E-state index in [1.165, 1.54) is 25.7 Å². The van der Waals surface area contributed by atoms with Gasteiger partial charge < -0.3 is 4.90 Å². The molecule has 4 nitrogen and oxygen atoms in total. The van der Waals surface area contributed by atoms with Gasteiger partial charge in [0, 0.05) is 30.2 Å². The molecule has 0 saturated carbocycles. The van der Waals surface area contributed by atoms with Crippen LogP contribution in [0.15, 0.2) is 41.6 Å². The summed E-state index contributed by atoms with van der Waals surface area (Å²) in [6, 6.07) is 10.2. The van der Waals surface area contributed by atoms with Crippen LogP contribution in [-0.4, -0.2) is 33.8 Å².